The lowest BCUT2D eigenvalue weighted by molar-refractivity contribution is 0.0622. The van der Waals surface area contributed by atoms with E-state index in [2.05, 4.69) is 4.90 Å². The summed E-state index contributed by atoms with van der Waals surface area (Å²) < 4.78 is 26.0. The summed E-state index contributed by atoms with van der Waals surface area (Å²) in [6.45, 7) is 3.51. The van der Waals surface area contributed by atoms with Gasteiger partial charge in [0.1, 0.15) is 0 Å². The van der Waals surface area contributed by atoms with E-state index in [0.717, 1.165) is 45.7 Å². The number of amides is 1. The molecule has 1 fully saturated rings. The molecule has 0 atom stereocenters. The Kier molecular flexibility index (Phi) is 8.44. The molecule has 43 heavy (non-hydrogen) atoms. The molecule has 5 aromatic rings. The zero-order valence-electron chi connectivity index (χ0n) is 23.3. The Morgan fingerprint density at radius 3 is 2.30 bits per heavy atom. The number of halogens is 2. The van der Waals surface area contributed by atoms with E-state index in [9.17, 15) is 13.2 Å². The molecule has 7 nitrogen and oxygen atoms in total. The van der Waals surface area contributed by atoms with Gasteiger partial charge >= 0.3 is 0 Å². The summed E-state index contributed by atoms with van der Waals surface area (Å²) in [6, 6.07) is 27.9. The molecule has 0 N–H and O–H groups in total. The van der Waals surface area contributed by atoms with Crippen LogP contribution < -0.4 is 0 Å². The van der Waals surface area contributed by atoms with Crippen LogP contribution in [-0.4, -0.2) is 66.3 Å². The normalized spacial score (nSPS) is 14.3. The smallest absolute Gasteiger partial charge is 0.274 e. The minimum absolute atomic E-state index is 0.129. The molecule has 1 saturated heterocycles. The van der Waals surface area contributed by atoms with E-state index in [4.69, 9.17) is 28.3 Å². The first kappa shape index (κ1) is 29.6. The van der Waals surface area contributed by atoms with Gasteiger partial charge in [-0.3, -0.25) is 9.69 Å². The van der Waals surface area contributed by atoms with Gasteiger partial charge in [0.15, 0.2) is 15.5 Å². The third kappa shape index (κ3) is 6.56. The van der Waals surface area contributed by atoms with E-state index in [1.807, 2.05) is 71.6 Å². The van der Waals surface area contributed by atoms with Gasteiger partial charge in [0.05, 0.1) is 26.2 Å². The topological polar surface area (TPSA) is 75.5 Å². The minimum atomic E-state index is -3.34. The predicted octanol–water partition coefficient (Wildman–Crippen LogP) is 6.94. The van der Waals surface area contributed by atoms with Crippen molar-refractivity contribution in [3.63, 3.8) is 0 Å². The van der Waals surface area contributed by atoms with E-state index >= 15 is 0 Å². The van der Waals surface area contributed by atoms with Gasteiger partial charge in [0, 0.05) is 48.9 Å². The van der Waals surface area contributed by atoms with E-state index in [1.54, 1.807) is 28.9 Å². The molecule has 0 radical (unpaired) electrons. The van der Waals surface area contributed by atoms with Crippen LogP contribution in [0.4, 0.5) is 0 Å². The molecular formula is C32H28Cl2N4O3S2. The van der Waals surface area contributed by atoms with Gasteiger partial charge in [0.25, 0.3) is 5.91 Å². The van der Waals surface area contributed by atoms with Crippen LogP contribution in [0.15, 0.2) is 95.9 Å². The number of rotatable bonds is 7. The minimum Gasteiger partial charge on any atom is -0.335 e. The maximum Gasteiger partial charge on any atom is 0.274 e. The summed E-state index contributed by atoms with van der Waals surface area (Å²) in [4.78, 5) is 19.9. The summed E-state index contributed by atoms with van der Waals surface area (Å²) in [7, 11) is -3.34. The van der Waals surface area contributed by atoms with Gasteiger partial charge in [-0.1, -0.05) is 59.6 Å². The monoisotopic (exact) mass is 650 g/mol. The number of nitrogens with zero attached hydrogens (tertiary/aromatic N) is 4. The Labute approximate surface area is 264 Å². The average Bonchev–Trinajstić information content (AvgIpc) is 3.67. The van der Waals surface area contributed by atoms with Crippen molar-refractivity contribution < 1.29 is 13.2 Å². The molecule has 1 amide bonds. The SMILES string of the molecule is CS(=O)(=O)c1cccc(-c2ccc(-c3cc(C(=O)N4CCN(Cc5ccc(Cl)cc5)CC4)nn3-c3ccccc3Cl)s2)c1. The molecular weight excluding hydrogens is 623 g/mol. The maximum atomic E-state index is 13.7. The third-order valence-corrected chi connectivity index (χ3v) is 10.2. The first-order valence-corrected chi connectivity index (χ1v) is 17.1. The molecule has 3 heterocycles. The van der Waals surface area contributed by atoms with Crippen LogP contribution >= 0.6 is 34.5 Å². The van der Waals surface area contributed by atoms with Crippen molar-refractivity contribution >= 4 is 50.3 Å². The van der Waals surface area contributed by atoms with Crippen molar-refractivity contribution in [1.82, 2.24) is 19.6 Å². The largest absolute Gasteiger partial charge is 0.335 e. The molecule has 0 bridgehead atoms. The summed E-state index contributed by atoms with van der Waals surface area (Å²) in [6.07, 6.45) is 1.20. The summed E-state index contributed by atoms with van der Waals surface area (Å²) in [5, 5.41) is 5.99. The molecule has 11 heteroatoms. The van der Waals surface area contributed by atoms with Crippen molar-refractivity contribution in [2.45, 2.75) is 11.4 Å². The number of hydrogen-bond acceptors (Lipinski definition) is 6. The molecule has 1 aliphatic rings. The molecule has 0 saturated carbocycles. The highest BCUT2D eigenvalue weighted by molar-refractivity contribution is 7.90. The fourth-order valence-electron chi connectivity index (χ4n) is 5.10. The third-order valence-electron chi connectivity index (χ3n) is 7.39. The number of sulfone groups is 1. The van der Waals surface area contributed by atoms with Gasteiger partial charge in [-0.2, -0.15) is 5.10 Å². The molecule has 0 unspecified atom stereocenters. The highest BCUT2D eigenvalue weighted by Crippen LogP contribution is 2.37. The maximum absolute atomic E-state index is 13.7. The number of benzene rings is 3. The summed E-state index contributed by atoms with van der Waals surface area (Å²) >= 11 is 14.1. The Bertz CT molecular complexity index is 1890. The Hall–Kier alpha value is -3.47. The van der Waals surface area contributed by atoms with Crippen LogP contribution in [0.25, 0.3) is 26.7 Å². The number of piperazine rings is 1. The molecule has 2 aromatic heterocycles. The van der Waals surface area contributed by atoms with Gasteiger partial charge in [-0.15, -0.1) is 11.3 Å². The highest BCUT2D eigenvalue weighted by atomic mass is 35.5. The fourth-order valence-corrected chi connectivity index (χ4v) is 7.11. The van der Waals surface area contributed by atoms with Crippen LogP contribution in [-0.2, 0) is 16.4 Å². The highest BCUT2D eigenvalue weighted by Gasteiger charge is 2.26. The van der Waals surface area contributed by atoms with Crippen LogP contribution in [0, 0.1) is 0 Å². The van der Waals surface area contributed by atoms with Crippen molar-refractivity contribution in [1.29, 1.82) is 0 Å². The molecule has 1 aliphatic heterocycles. The second-order valence-corrected chi connectivity index (χ2v) is 14.4. The number of thiophene rings is 1. The van der Waals surface area contributed by atoms with Crippen LogP contribution in [0.5, 0.6) is 0 Å². The van der Waals surface area contributed by atoms with Crippen LogP contribution in [0.3, 0.4) is 0 Å². The zero-order valence-corrected chi connectivity index (χ0v) is 26.4. The van der Waals surface area contributed by atoms with E-state index < -0.39 is 9.84 Å². The first-order chi connectivity index (χ1) is 20.7. The van der Waals surface area contributed by atoms with Crippen molar-refractivity contribution in [3.05, 3.63) is 112 Å². The molecule has 0 spiro atoms. The summed E-state index contributed by atoms with van der Waals surface area (Å²) in [5.74, 6) is -0.129. The average molecular weight is 652 g/mol. The Morgan fingerprint density at radius 2 is 1.58 bits per heavy atom. The van der Waals surface area contributed by atoms with Gasteiger partial charge in [-0.05, 0) is 65.7 Å². The van der Waals surface area contributed by atoms with Crippen LogP contribution in [0.2, 0.25) is 10.0 Å². The summed E-state index contributed by atoms with van der Waals surface area (Å²) in [5.41, 5.74) is 3.73. The van der Waals surface area contributed by atoms with E-state index in [1.165, 1.54) is 23.2 Å². The van der Waals surface area contributed by atoms with Gasteiger partial charge in [-0.25, -0.2) is 13.1 Å². The van der Waals surface area contributed by atoms with Crippen molar-refractivity contribution in [3.8, 4) is 26.7 Å². The molecule has 6 rings (SSSR count). The van der Waals surface area contributed by atoms with Gasteiger partial charge in [0.2, 0.25) is 0 Å². The predicted molar refractivity (Wildman–Crippen MR) is 173 cm³/mol. The number of aromatic nitrogens is 2. The van der Waals surface area contributed by atoms with E-state index in [-0.39, 0.29) is 10.8 Å². The lowest BCUT2D eigenvalue weighted by Gasteiger charge is -2.34. The second-order valence-electron chi connectivity index (χ2n) is 10.4. The lowest BCUT2D eigenvalue weighted by atomic mass is 10.2. The number of carbonyl (C=O) groups is 1. The van der Waals surface area contributed by atoms with E-state index in [0.29, 0.717) is 29.5 Å². The van der Waals surface area contributed by atoms with Crippen LogP contribution in [0.1, 0.15) is 16.1 Å². The number of carbonyl (C=O) groups excluding carboxylic acids is 1. The zero-order chi connectivity index (χ0) is 30.1. The standard InChI is InChI=1S/C32H28Cl2N4O3S2/c1-43(40,41)25-6-4-5-23(19-25)30-13-14-31(42-30)29-20-27(35-38(29)28-8-3-2-7-26(28)34)32(39)37-17-15-36(16-18-37)21-22-9-11-24(33)12-10-22/h2-14,19-20H,15-18,21H2,1H3. The Balaban J connectivity index is 1.27. The number of hydrogen-bond donors (Lipinski definition) is 0. The second kappa shape index (κ2) is 12.3. The lowest BCUT2D eigenvalue weighted by Crippen LogP contribution is -2.48. The molecule has 220 valence electrons. The van der Waals surface area contributed by atoms with Crippen molar-refractivity contribution in [2.24, 2.45) is 0 Å². The quantitative estimate of drug-likeness (QED) is 0.191. The van der Waals surface area contributed by atoms with Gasteiger partial charge < -0.3 is 4.90 Å². The molecule has 3 aromatic carbocycles. The Morgan fingerprint density at radius 1 is 0.860 bits per heavy atom. The molecule has 0 aliphatic carbocycles. The fraction of sp³-hybridized carbons (Fsp3) is 0.188. The first-order valence-electron chi connectivity index (χ1n) is 13.7. The van der Waals surface area contributed by atoms with Crippen molar-refractivity contribution in [2.75, 3.05) is 32.4 Å². The number of para-hydroxylation sites is 1.